The number of aryl methyl sites for hydroxylation is 2. The molecule has 2 N–H and O–H groups in total. The van der Waals surface area contributed by atoms with Crippen LogP contribution in [-0.2, 0) is 16.6 Å². The predicted molar refractivity (Wildman–Crippen MR) is 78.0 cm³/mol. The molecule has 0 radical (unpaired) electrons. The lowest BCUT2D eigenvalue weighted by atomic mass is 10.2. The second-order valence-electron chi connectivity index (χ2n) is 4.95. The van der Waals surface area contributed by atoms with Gasteiger partial charge in [-0.05, 0) is 25.8 Å². The Bertz CT molecular complexity index is 678. The van der Waals surface area contributed by atoms with Crippen LogP contribution in [0, 0.1) is 6.92 Å². The molecule has 0 saturated carbocycles. The van der Waals surface area contributed by atoms with Crippen LogP contribution in [0.15, 0.2) is 12.3 Å². The molecule has 2 heterocycles. The lowest BCUT2D eigenvalue weighted by Crippen LogP contribution is -2.11. The van der Waals surface area contributed by atoms with Crippen LogP contribution in [0.4, 0.5) is 5.69 Å². The summed E-state index contributed by atoms with van der Waals surface area (Å²) in [5.74, 6) is -0.972. The van der Waals surface area contributed by atoms with E-state index < -0.39 is 5.97 Å². The summed E-state index contributed by atoms with van der Waals surface area (Å²) in [6.07, 6.45) is 3.05. The van der Waals surface area contributed by atoms with Crippen LogP contribution < -0.4 is 5.32 Å². The van der Waals surface area contributed by atoms with Crippen molar-refractivity contribution in [3.8, 4) is 0 Å². The third-order valence-electron chi connectivity index (χ3n) is 3.19. The molecule has 0 aromatic carbocycles. The summed E-state index contributed by atoms with van der Waals surface area (Å²) >= 11 is 0. The second-order valence-corrected chi connectivity index (χ2v) is 4.95. The number of carbonyl (C=O) groups is 2. The van der Waals surface area contributed by atoms with E-state index in [1.807, 2.05) is 20.0 Å². The third-order valence-corrected chi connectivity index (χ3v) is 3.19. The van der Waals surface area contributed by atoms with E-state index in [4.69, 9.17) is 5.11 Å². The van der Waals surface area contributed by atoms with Gasteiger partial charge in [0.2, 0.25) is 5.91 Å². The number of carboxylic acid groups (broad SMARTS) is 1. The van der Waals surface area contributed by atoms with Gasteiger partial charge >= 0.3 is 5.97 Å². The molecule has 0 atom stereocenters. The Labute approximate surface area is 122 Å². The van der Waals surface area contributed by atoms with E-state index in [1.165, 1.54) is 0 Å². The highest BCUT2D eigenvalue weighted by Crippen LogP contribution is 2.19. The maximum Gasteiger partial charge on any atom is 0.303 e. The fourth-order valence-electron chi connectivity index (χ4n) is 2.16. The number of hydrogen-bond acceptors (Lipinski definition) is 4. The zero-order valence-electron chi connectivity index (χ0n) is 12.1. The van der Waals surface area contributed by atoms with Gasteiger partial charge in [0, 0.05) is 25.3 Å². The largest absolute Gasteiger partial charge is 0.481 e. The van der Waals surface area contributed by atoms with Crippen molar-refractivity contribution in [1.82, 2.24) is 14.8 Å². The summed E-state index contributed by atoms with van der Waals surface area (Å²) in [5.41, 5.74) is 2.26. The highest BCUT2D eigenvalue weighted by molar-refractivity contribution is 5.93. The molecule has 0 saturated heterocycles. The van der Waals surface area contributed by atoms with Crippen LogP contribution in [0.25, 0.3) is 11.0 Å². The van der Waals surface area contributed by atoms with Gasteiger partial charge in [-0.25, -0.2) is 4.98 Å². The van der Waals surface area contributed by atoms with Gasteiger partial charge < -0.3 is 10.4 Å². The molecule has 2 rings (SSSR count). The maximum absolute atomic E-state index is 11.8. The fraction of sp³-hybridized carbons (Fsp3) is 0.429. The predicted octanol–water partition coefficient (Wildman–Crippen LogP) is 1.86. The second kappa shape index (κ2) is 6.34. The van der Waals surface area contributed by atoms with Gasteiger partial charge in [0.05, 0.1) is 17.6 Å². The summed E-state index contributed by atoms with van der Waals surface area (Å²) in [7, 11) is 1.82. The minimum atomic E-state index is -0.836. The van der Waals surface area contributed by atoms with Crippen molar-refractivity contribution in [1.29, 1.82) is 0 Å². The van der Waals surface area contributed by atoms with E-state index in [0.717, 1.165) is 16.7 Å². The van der Waals surface area contributed by atoms with Crippen LogP contribution >= 0.6 is 0 Å². The SMILES string of the molecule is Cc1nn(C)c2ncc(NC(=O)CCCCC(=O)O)cc12. The van der Waals surface area contributed by atoms with E-state index in [0.29, 0.717) is 24.9 Å². The highest BCUT2D eigenvalue weighted by atomic mass is 16.4. The van der Waals surface area contributed by atoms with Crippen molar-refractivity contribution >= 4 is 28.6 Å². The first-order chi connectivity index (χ1) is 9.97. The number of carbonyl (C=O) groups excluding carboxylic acids is 1. The van der Waals surface area contributed by atoms with Crippen molar-refractivity contribution in [3.63, 3.8) is 0 Å². The third kappa shape index (κ3) is 3.77. The number of hydrogen-bond donors (Lipinski definition) is 2. The molecule has 0 spiro atoms. The Morgan fingerprint density at radius 2 is 2.05 bits per heavy atom. The van der Waals surface area contributed by atoms with Crippen molar-refractivity contribution in [2.75, 3.05) is 5.32 Å². The van der Waals surface area contributed by atoms with Crippen molar-refractivity contribution in [2.45, 2.75) is 32.6 Å². The Hall–Kier alpha value is -2.44. The van der Waals surface area contributed by atoms with E-state index in [-0.39, 0.29) is 12.3 Å². The molecule has 0 aliphatic rings. The fourth-order valence-corrected chi connectivity index (χ4v) is 2.16. The lowest BCUT2D eigenvalue weighted by Gasteiger charge is -2.05. The number of aromatic nitrogens is 3. The maximum atomic E-state index is 11.8. The topological polar surface area (TPSA) is 97.1 Å². The first-order valence-corrected chi connectivity index (χ1v) is 6.78. The Kier molecular flexibility index (Phi) is 4.52. The molecule has 0 aliphatic carbocycles. The molecular formula is C14H18N4O3. The molecule has 0 fully saturated rings. The summed E-state index contributed by atoms with van der Waals surface area (Å²) in [4.78, 5) is 26.4. The Morgan fingerprint density at radius 3 is 2.76 bits per heavy atom. The van der Waals surface area contributed by atoms with E-state index in [9.17, 15) is 9.59 Å². The summed E-state index contributed by atoms with van der Waals surface area (Å²) < 4.78 is 1.70. The number of pyridine rings is 1. The number of aliphatic carboxylic acids is 1. The number of fused-ring (bicyclic) bond motifs is 1. The number of unbranched alkanes of at least 4 members (excludes halogenated alkanes) is 1. The Morgan fingerprint density at radius 1 is 1.33 bits per heavy atom. The molecule has 0 aliphatic heterocycles. The van der Waals surface area contributed by atoms with Gasteiger partial charge in [-0.2, -0.15) is 5.10 Å². The zero-order chi connectivity index (χ0) is 15.4. The van der Waals surface area contributed by atoms with Gasteiger partial charge in [0.1, 0.15) is 0 Å². The van der Waals surface area contributed by atoms with E-state index in [1.54, 1.807) is 10.9 Å². The van der Waals surface area contributed by atoms with Crippen molar-refractivity contribution in [2.24, 2.45) is 7.05 Å². The summed E-state index contributed by atoms with van der Waals surface area (Å²) in [6.45, 7) is 1.89. The molecule has 0 unspecified atom stereocenters. The Balaban J connectivity index is 1.95. The van der Waals surface area contributed by atoms with Gasteiger partial charge in [-0.1, -0.05) is 0 Å². The molecule has 7 nitrogen and oxygen atoms in total. The minimum absolute atomic E-state index is 0.0929. The van der Waals surface area contributed by atoms with Crippen LogP contribution in [0.1, 0.15) is 31.4 Å². The number of amides is 1. The first-order valence-electron chi connectivity index (χ1n) is 6.78. The number of rotatable bonds is 6. The quantitative estimate of drug-likeness (QED) is 0.791. The molecule has 2 aromatic heterocycles. The van der Waals surface area contributed by atoms with Crippen LogP contribution in [0.3, 0.4) is 0 Å². The van der Waals surface area contributed by atoms with Crippen LogP contribution in [0.5, 0.6) is 0 Å². The molecule has 21 heavy (non-hydrogen) atoms. The number of carboxylic acids is 1. The normalized spacial score (nSPS) is 10.8. The van der Waals surface area contributed by atoms with Crippen molar-refractivity contribution < 1.29 is 14.7 Å². The highest BCUT2D eigenvalue weighted by Gasteiger charge is 2.09. The van der Waals surface area contributed by atoms with Gasteiger partial charge in [0.25, 0.3) is 0 Å². The van der Waals surface area contributed by atoms with E-state index in [2.05, 4.69) is 15.4 Å². The molecular weight excluding hydrogens is 272 g/mol. The monoisotopic (exact) mass is 290 g/mol. The van der Waals surface area contributed by atoms with Gasteiger partial charge in [-0.15, -0.1) is 0 Å². The van der Waals surface area contributed by atoms with Crippen LogP contribution in [0.2, 0.25) is 0 Å². The number of nitrogens with zero attached hydrogens (tertiary/aromatic N) is 3. The number of anilines is 1. The molecule has 1 amide bonds. The van der Waals surface area contributed by atoms with E-state index >= 15 is 0 Å². The van der Waals surface area contributed by atoms with Crippen LogP contribution in [-0.4, -0.2) is 31.7 Å². The smallest absolute Gasteiger partial charge is 0.303 e. The summed E-state index contributed by atoms with van der Waals surface area (Å²) in [5, 5.41) is 16.5. The van der Waals surface area contributed by atoms with Crippen molar-refractivity contribution in [3.05, 3.63) is 18.0 Å². The minimum Gasteiger partial charge on any atom is -0.481 e. The molecule has 2 aromatic rings. The first kappa shape index (κ1) is 15.0. The zero-order valence-corrected chi connectivity index (χ0v) is 12.1. The molecule has 0 bridgehead atoms. The number of nitrogens with one attached hydrogen (secondary N) is 1. The lowest BCUT2D eigenvalue weighted by molar-refractivity contribution is -0.137. The average Bonchev–Trinajstić information content (AvgIpc) is 2.70. The molecule has 112 valence electrons. The molecule has 7 heteroatoms. The van der Waals surface area contributed by atoms with Gasteiger partial charge in [-0.3, -0.25) is 14.3 Å². The standard InChI is InChI=1S/C14H18N4O3/c1-9-11-7-10(8-15-14(11)18(2)17-9)16-12(19)5-3-4-6-13(20)21/h7-8H,3-6H2,1-2H3,(H,16,19)(H,20,21). The average molecular weight is 290 g/mol. The van der Waals surface area contributed by atoms with Gasteiger partial charge in [0.15, 0.2) is 5.65 Å². The summed E-state index contributed by atoms with van der Waals surface area (Å²) in [6, 6.07) is 1.85.